The van der Waals surface area contributed by atoms with Crippen LogP contribution in [0, 0.1) is 11.7 Å². The van der Waals surface area contributed by atoms with Crippen LogP contribution in [0.15, 0.2) is 67.1 Å². The molecule has 3 N–H and O–H groups in total. The summed E-state index contributed by atoms with van der Waals surface area (Å²) in [4.78, 5) is 31.4. The van der Waals surface area contributed by atoms with Crippen molar-refractivity contribution in [3.05, 3.63) is 72.9 Å². The van der Waals surface area contributed by atoms with Crippen LogP contribution < -0.4 is 10.1 Å². The summed E-state index contributed by atoms with van der Waals surface area (Å²) >= 11 is 0. The lowest BCUT2D eigenvalue weighted by molar-refractivity contribution is -0.117. The SMILES string of the molecule is CN(C)CCOc1cc(F)cc(-c2nccc3[nH]c(-c4n[nH]c5ccc(-c6cncc(NC(=O)C7CC7)c6)cc45)nc23)c1. The first-order chi connectivity index (χ1) is 20.9. The zero-order chi connectivity index (χ0) is 29.5. The molecule has 0 unspecified atom stereocenters. The number of nitrogens with zero attached hydrogens (tertiary/aromatic N) is 5. The van der Waals surface area contributed by atoms with Crippen molar-refractivity contribution in [1.82, 2.24) is 35.0 Å². The Labute approximate surface area is 246 Å². The first-order valence-electron chi connectivity index (χ1n) is 14.1. The quantitative estimate of drug-likeness (QED) is 0.203. The molecular weight excluding hydrogens is 547 g/mol. The number of nitrogens with one attached hydrogen (secondary N) is 3. The summed E-state index contributed by atoms with van der Waals surface area (Å²) < 4.78 is 20.4. The Morgan fingerprint density at radius 2 is 1.91 bits per heavy atom. The number of H-pyrrole nitrogens is 2. The smallest absolute Gasteiger partial charge is 0.227 e. The van der Waals surface area contributed by atoms with Gasteiger partial charge in [-0.3, -0.25) is 19.9 Å². The highest BCUT2D eigenvalue weighted by atomic mass is 19.1. The third-order valence-corrected chi connectivity index (χ3v) is 7.43. The Bertz CT molecular complexity index is 1980. The number of pyridine rings is 2. The molecule has 0 bridgehead atoms. The number of benzene rings is 2. The Morgan fingerprint density at radius 3 is 2.74 bits per heavy atom. The number of fused-ring (bicyclic) bond motifs is 2. The molecule has 6 aromatic rings. The van der Waals surface area contributed by atoms with Crippen molar-refractivity contribution in [2.24, 2.45) is 5.92 Å². The van der Waals surface area contributed by atoms with Crippen LogP contribution in [-0.2, 0) is 4.79 Å². The van der Waals surface area contributed by atoms with E-state index in [1.165, 1.54) is 12.1 Å². The summed E-state index contributed by atoms with van der Waals surface area (Å²) in [6.45, 7) is 1.14. The van der Waals surface area contributed by atoms with Gasteiger partial charge in [0.15, 0.2) is 5.82 Å². The molecule has 11 heteroatoms. The van der Waals surface area contributed by atoms with Gasteiger partial charge in [-0.05, 0) is 68.9 Å². The Balaban J connectivity index is 1.23. The minimum absolute atomic E-state index is 0.0385. The number of imidazole rings is 1. The first kappa shape index (κ1) is 26.7. The first-order valence-corrected chi connectivity index (χ1v) is 14.1. The van der Waals surface area contributed by atoms with Gasteiger partial charge in [-0.15, -0.1) is 0 Å². The molecule has 7 rings (SSSR count). The van der Waals surface area contributed by atoms with Gasteiger partial charge in [-0.1, -0.05) is 6.07 Å². The van der Waals surface area contributed by atoms with E-state index in [-0.39, 0.29) is 11.8 Å². The molecule has 216 valence electrons. The average molecular weight is 577 g/mol. The summed E-state index contributed by atoms with van der Waals surface area (Å²) in [7, 11) is 3.91. The fourth-order valence-corrected chi connectivity index (χ4v) is 5.02. The van der Waals surface area contributed by atoms with E-state index in [0.717, 1.165) is 40.4 Å². The molecule has 1 aliphatic rings. The van der Waals surface area contributed by atoms with Gasteiger partial charge < -0.3 is 19.9 Å². The van der Waals surface area contributed by atoms with Crippen molar-refractivity contribution in [2.45, 2.75) is 12.8 Å². The van der Waals surface area contributed by atoms with E-state index in [0.29, 0.717) is 52.9 Å². The molecule has 1 fully saturated rings. The molecule has 4 aromatic heterocycles. The van der Waals surface area contributed by atoms with Crippen molar-refractivity contribution < 1.29 is 13.9 Å². The molecule has 1 saturated carbocycles. The zero-order valence-corrected chi connectivity index (χ0v) is 23.7. The largest absolute Gasteiger partial charge is 0.492 e. The second-order valence-corrected chi connectivity index (χ2v) is 11.0. The molecule has 0 spiro atoms. The van der Waals surface area contributed by atoms with Gasteiger partial charge in [-0.2, -0.15) is 5.10 Å². The van der Waals surface area contributed by atoms with E-state index in [2.05, 4.69) is 30.5 Å². The van der Waals surface area contributed by atoms with Crippen LogP contribution in [0.1, 0.15) is 12.8 Å². The van der Waals surface area contributed by atoms with Gasteiger partial charge in [0.25, 0.3) is 0 Å². The summed E-state index contributed by atoms with van der Waals surface area (Å²) in [5.74, 6) is 0.718. The second-order valence-electron chi connectivity index (χ2n) is 11.0. The standard InChI is InChI=1S/C32H29FN8O2/c1-41(2)9-10-43-24-13-20(11-22(33)15-24)28-30-27(7-8-35-28)37-31(38-30)29-25-14-19(5-6-26(25)39-40-29)21-12-23(17-34-16-21)36-32(42)18-3-4-18/h5-8,11-18H,3-4,9-10H2,1-2H3,(H,36,42)(H,37,38)(H,39,40). The number of rotatable bonds is 9. The van der Waals surface area contributed by atoms with Gasteiger partial charge in [0.2, 0.25) is 5.91 Å². The van der Waals surface area contributed by atoms with E-state index < -0.39 is 5.82 Å². The molecular formula is C32H29FN8O2. The Morgan fingerprint density at radius 1 is 1.02 bits per heavy atom. The maximum absolute atomic E-state index is 14.6. The second kappa shape index (κ2) is 10.9. The van der Waals surface area contributed by atoms with Gasteiger partial charge in [-0.25, -0.2) is 9.37 Å². The van der Waals surface area contributed by atoms with Crippen LogP contribution in [0.25, 0.3) is 55.8 Å². The summed E-state index contributed by atoms with van der Waals surface area (Å²) in [6.07, 6.45) is 6.97. The number of ether oxygens (including phenoxy) is 1. The third kappa shape index (κ3) is 5.54. The van der Waals surface area contributed by atoms with E-state index in [4.69, 9.17) is 9.72 Å². The summed E-state index contributed by atoms with van der Waals surface area (Å²) in [5.41, 5.74) is 6.38. The number of hydrogen-bond acceptors (Lipinski definition) is 7. The predicted molar refractivity (Wildman–Crippen MR) is 163 cm³/mol. The molecule has 1 aliphatic carbocycles. The Hall–Kier alpha value is -5.16. The van der Waals surface area contributed by atoms with Gasteiger partial charge in [0.05, 0.1) is 28.6 Å². The lowest BCUT2D eigenvalue weighted by Crippen LogP contribution is -2.19. The fourth-order valence-electron chi connectivity index (χ4n) is 5.02. The van der Waals surface area contributed by atoms with Crippen LogP contribution in [0.3, 0.4) is 0 Å². The van der Waals surface area contributed by atoms with Crippen molar-refractivity contribution in [3.8, 4) is 39.7 Å². The number of carbonyl (C=O) groups is 1. The number of aromatic nitrogens is 6. The van der Waals surface area contributed by atoms with E-state index in [1.54, 1.807) is 24.7 Å². The van der Waals surface area contributed by atoms with E-state index >= 15 is 0 Å². The highest BCUT2D eigenvalue weighted by Gasteiger charge is 2.29. The molecule has 10 nitrogen and oxygen atoms in total. The minimum Gasteiger partial charge on any atom is -0.492 e. The van der Waals surface area contributed by atoms with Crippen molar-refractivity contribution in [3.63, 3.8) is 0 Å². The minimum atomic E-state index is -0.414. The average Bonchev–Trinajstić information content (AvgIpc) is 3.62. The highest BCUT2D eigenvalue weighted by Crippen LogP contribution is 2.34. The third-order valence-electron chi connectivity index (χ3n) is 7.43. The van der Waals surface area contributed by atoms with Crippen molar-refractivity contribution >= 4 is 33.5 Å². The zero-order valence-electron chi connectivity index (χ0n) is 23.7. The molecule has 4 heterocycles. The van der Waals surface area contributed by atoms with Crippen LogP contribution >= 0.6 is 0 Å². The molecule has 0 radical (unpaired) electrons. The number of halogens is 1. The predicted octanol–water partition coefficient (Wildman–Crippen LogP) is 5.66. The van der Waals surface area contributed by atoms with Crippen LogP contribution in [0.5, 0.6) is 5.75 Å². The van der Waals surface area contributed by atoms with Crippen LogP contribution in [0.2, 0.25) is 0 Å². The van der Waals surface area contributed by atoms with Gasteiger partial charge in [0.1, 0.15) is 29.4 Å². The number of aromatic amines is 2. The topological polar surface area (TPSA) is 125 Å². The summed E-state index contributed by atoms with van der Waals surface area (Å²) in [5, 5.41) is 11.5. The monoisotopic (exact) mass is 576 g/mol. The molecule has 0 atom stereocenters. The van der Waals surface area contributed by atoms with Crippen molar-refractivity contribution in [1.29, 1.82) is 0 Å². The van der Waals surface area contributed by atoms with Gasteiger partial charge in [0, 0.05) is 47.4 Å². The molecule has 2 aromatic carbocycles. The fraction of sp³-hybridized carbons (Fsp3) is 0.219. The molecule has 0 saturated heterocycles. The van der Waals surface area contributed by atoms with Crippen molar-refractivity contribution in [2.75, 3.05) is 32.6 Å². The van der Waals surface area contributed by atoms with E-state index in [9.17, 15) is 9.18 Å². The van der Waals surface area contributed by atoms with Crippen LogP contribution in [-0.4, -0.2) is 68.2 Å². The normalized spacial score (nSPS) is 13.2. The van der Waals surface area contributed by atoms with Gasteiger partial charge >= 0.3 is 0 Å². The highest BCUT2D eigenvalue weighted by molar-refractivity contribution is 5.98. The van der Waals surface area contributed by atoms with E-state index in [1.807, 2.05) is 49.3 Å². The van der Waals surface area contributed by atoms with Crippen LogP contribution in [0.4, 0.5) is 10.1 Å². The number of amides is 1. The molecule has 1 amide bonds. The molecule has 0 aliphatic heterocycles. The lowest BCUT2D eigenvalue weighted by Gasteiger charge is -2.12. The number of likely N-dealkylation sites (N-methyl/N-ethyl adjacent to an activating group) is 1. The summed E-state index contributed by atoms with van der Waals surface area (Å²) in [6, 6.07) is 14.3. The number of hydrogen-bond donors (Lipinski definition) is 3. The Kier molecular flexibility index (Phi) is 6.78. The maximum atomic E-state index is 14.6. The lowest BCUT2D eigenvalue weighted by atomic mass is 10.0. The number of anilines is 1. The number of carbonyl (C=O) groups excluding carboxylic acids is 1. The maximum Gasteiger partial charge on any atom is 0.227 e. The molecule has 43 heavy (non-hydrogen) atoms.